The Morgan fingerprint density at radius 2 is 1.93 bits per heavy atom. The van der Waals surface area contributed by atoms with E-state index in [4.69, 9.17) is 22.7 Å². The molecular weight excluding hydrogens is 402 g/mol. The van der Waals surface area contributed by atoms with Crippen LogP contribution in [-0.2, 0) is 9.53 Å². The van der Waals surface area contributed by atoms with Crippen LogP contribution in [0.4, 0.5) is 10.5 Å². The van der Waals surface area contributed by atoms with E-state index in [2.05, 4.69) is 20.9 Å². The lowest BCUT2D eigenvalue weighted by molar-refractivity contribution is -0.118. The molecule has 0 aliphatic heterocycles. The maximum atomic E-state index is 12.8. The lowest BCUT2D eigenvalue weighted by Gasteiger charge is -2.20. The second kappa shape index (κ2) is 10.7. The topological polar surface area (TPSA) is 118 Å². The number of nitrogens with two attached hydrogens (primary N) is 1. The van der Waals surface area contributed by atoms with E-state index in [9.17, 15) is 9.59 Å². The Balaban J connectivity index is 1.89. The van der Waals surface area contributed by atoms with Crippen molar-refractivity contribution in [3.63, 3.8) is 0 Å². The average Bonchev–Trinajstić information content (AvgIpc) is 2.65. The molecule has 1 atom stereocenters. The molecule has 162 valence electrons. The highest BCUT2D eigenvalue weighted by Crippen LogP contribution is 2.21. The average molecular weight is 432 g/mol. The molecule has 2 rings (SSSR count). The minimum absolute atomic E-state index is 0.0538. The minimum atomic E-state index is -0.594. The smallest absolute Gasteiger partial charge is 0.407 e. The number of para-hydroxylation sites is 1. The van der Waals surface area contributed by atoms with Gasteiger partial charge in [0, 0.05) is 18.1 Å². The summed E-state index contributed by atoms with van der Waals surface area (Å²) in [5, 5.41) is 9.44. The number of nitrogens with one attached hydrogen (secondary N) is 3. The van der Waals surface area contributed by atoms with Crippen molar-refractivity contribution in [2.45, 2.75) is 51.7 Å². The van der Waals surface area contributed by atoms with Gasteiger partial charge in [0.25, 0.3) is 0 Å². The Kier molecular flexibility index (Phi) is 8.35. The molecule has 0 radical (unpaired) electrons. The van der Waals surface area contributed by atoms with Crippen molar-refractivity contribution in [3.8, 4) is 0 Å². The zero-order valence-corrected chi connectivity index (χ0v) is 18.3. The van der Waals surface area contributed by atoms with Gasteiger partial charge in [0.15, 0.2) is 5.11 Å². The Morgan fingerprint density at radius 3 is 2.63 bits per heavy atom. The van der Waals surface area contributed by atoms with E-state index in [1.165, 1.54) is 0 Å². The van der Waals surface area contributed by atoms with Gasteiger partial charge < -0.3 is 26.4 Å². The molecule has 1 aromatic carbocycles. The Morgan fingerprint density at radius 1 is 1.20 bits per heavy atom. The van der Waals surface area contributed by atoms with Crippen LogP contribution in [0.2, 0.25) is 0 Å². The standard InChI is InChI=1S/C21H29N5O3S/c1-21(2,3)29-20(28)24-12-5-4-10-16(26-19(22)30)18(27)25-15-11-6-8-14-9-7-13-23-17(14)15/h6-9,11,13,16H,4-5,10,12H2,1-3H3,(H,24,28)(H,25,27)(H3,22,26,30). The van der Waals surface area contributed by atoms with Crippen molar-refractivity contribution < 1.29 is 14.3 Å². The number of fused-ring (bicyclic) bond motifs is 1. The molecule has 9 heteroatoms. The fourth-order valence-corrected chi connectivity index (χ4v) is 2.99. The number of nitrogens with zero attached hydrogens (tertiary/aromatic N) is 1. The molecule has 0 spiro atoms. The minimum Gasteiger partial charge on any atom is -0.444 e. The van der Waals surface area contributed by atoms with Crippen LogP contribution in [0.1, 0.15) is 40.0 Å². The monoisotopic (exact) mass is 431 g/mol. The molecule has 2 aromatic rings. The van der Waals surface area contributed by atoms with Crippen molar-refractivity contribution >= 4 is 45.9 Å². The number of benzene rings is 1. The van der Waals surface area contributed by atoms with E-state index >= 15 is 0 Å². The van der Waals surface area contributed by atoms with Gasteiger partial charge in [-0.15, -0.1) is 0 Å². The third-order valence-electron chi connectivity index (χ3n) is 4.11. The molecule has 5 N–H and O–H groups in total. The Hall–Kier alpha value is -2.94. The lowest BCUT2D eigenvalue weighted by atomic mass is 10.1. The molecule has 1 aromatic heterocycles. The van der Waals surface area contributed by atoms with E-state index in [0.717, 1.165) is 5.39 Å². The van der Waals surface area contributed by atoms with Crippen LogP contribution in [0, 0.1) is 0 Å². The number of hydrogen-bond donors (Lipinski definition) is 4. The van der Waals surface area contributed by atoms with Crippen LogP contribution in [-0.4, -0.2) is 40.3 Å². The Labute approximate surface area is 181 Å². The van der Waals surface area contributed by atoms with E-state index in [1.54, 1.807) is 12.3 Å². The van der Waals surface area contributed by atoms with Crippen molar-refractivity contribution in [2.75, 3.05) is 11.9 Å². The highest BCUT2D eigenvalue weighted by Gasteiger charge is 2.20. The molecule has 1 heterocycles. The second-order valence-electron chi connectivity index (χ2n) is 7.86. The summed E-state index contributed by atoms with van der Waals surface area (Å²) >= 11 is 4.92. The number of alkyl carbamates (subject to hydrolysis) is 1. The number of hydrogen-bond acceptors (Lipinski definition) is 5. The highest BCUT2D eigenvalue weighted by molar-refractivity contribution is 7.80. The molecular formula is C21H29N5O3S. The number of carbonyl (C=O) groups excluding carboxylic acids is 2. The third kappa shape index (κ3) is 7.82. The second-order valence-corrected chi connectivity index (χ2v) is 8.30. The first-order valence-electron chi connectivity index (χ1n) is 9.83. The van der Waals surface area contributed by atoms with E-state index < -0.39 is 17.7 Å². The molecule has 0 bridgehead atoms. The fourth-order valence-electron chi connectivity index (χ4n) is 2.84. The maximum absolute atomic E-state index is 12.8. The van der Waals surface area contributed by atoms with Gasteiger partial charge in [-0.1, -0.05) is 18.2 Å². The largest absolute Gasteiger partial charge is 0.444 e. The number of anilines is 1. The zero-order chi connectivity index (χ0) is 22.1. The molecule has 1 unspecified atom stereocenters. The van der Waals surface area contributed by atoms with Crippen molar-refractivity contribution in [3.05, 3.63) is 36.5 Å². The number of rotatable bonds is 8. The summed E-state index contributed by atoms with van der Waals surface area (Å²) in [4.78, 5) is 28.8. The zero-order valence-electron chi connectivity index (χ0n) is 17.5. The van der Waals surface area contributed by atoms with Gasteiger partial charge in [0.05, 0.1) is 11.2 Å². The van der Waals surface area contributed by atoms with Crippen LogP contribution in [0.15, 0.2) is 36.5 Å². The number of amides is 2. The predicted molar refractivity (Wildman–Crippen MR) is 122 cm³/mol. The summed E-state index contributed by atoms with van der Waals surface area (Å²) in [6.45, 7) is 5.87. The Bertz CT molecular complexity index is 892. The summed E-state index contributed by atoms with van der Waals surface area (Å²) in [7, 11) is 0. The normalized spacial score (nSPS) is 12.1. The summed E-state index contributed by atoms with van der Waals surface area (Å²) in [5.41, 5.74) is 6.40. The van der Waals surface area contributed by atoms with Crippen LogP contribution >= 0.6 is 12.2 Å². The van der Waals surface area contributed by atoms with Crippen LogP contribution in [0.3, 0.4) is 0 Å². The van der Waals surface area contributed by atoms with Gasteiger partial charge in [-0.05, 0) is 64.4 Å². The van der Waals surface area contributed by atoms with Crippen molar-refractivity contribution in [2.24, 2.45) is 5.73 Å². The summed E-state index contributed by atoms with van der Waals surface area (Å²) < 4.78 is 5.19. The van der Waals surface area contributed by atoms with E-state index in [0.29, 0.717) is 37.0 Å². The number of ether oxygens (including phenoxy) is 1. The molecule has 30 heavy (non-hydrogen) atoms. The van der Waals surface area contributed by atoms with E-state index in [1.807, 2.05) is 45.0 Å². The van der Waals surface area contributed by atoms with Crippen LogP contribution in [0.5, 0.6) is 0 Å². The van der Waals surface area contributed by atoms with Crippen molar-refractivity contribution in [1.29, 1.82) is 0 Å². The third-order valence-corrected chi connectivity index (χ3v) is 4.23. The van der Waals surface area contributed by atoms with Gasteiger partial charge in [0.2, 0.25) is 5.91 Å². The van der Waals surface area contributed by atoms with Crippen LogP contribution < -0.4 is 21.7 Å². The highest BCUT2D eigenvalue weighted by atomic mass is 32.1. The van der Waals surface area contributed by atoms with Gasteiger partial charge in [-0.25, -0.2) is 4.79 Å². The number of carbonyl (C=O) groups is 2. The van der Waals surface area contributed by atoms with Gasteiger partial charge in [-0.2, -0.15) is 0 Å². The van der Waals surface area contributed by atoms with E-state index in [-0.39, 0.29) is 11.0 Å². The molecule has 2 amide bonds. The lowest BCUT2D eigenvalue weighted by Crippen LogP contribution is -2.46. The summed E-state index contributed by atoms with van der Waals surface area (Å²) in [6.07, 6.45) is 3.08. The molecule has 0 aliphatic carbocycles. The first kappa shape index (κ1) is 23.3. The first-order valence-corrected chi connectivity index (χ1v) is 10.2. The summed E-state index contributed by atoms with van der Waals surface area (Å²) in [6, 6.07) is 8.77. The quantitative estimate of drug-likeness (QED) is 0.375. The molecule has 0 saturated carbocycles. The van der Waals surface area contributed by atoms with Gasteiger partial charge >= 0.3 is 6.09 Å². The summed E-state index contributed by atoms with van der Waals surface area (Å²) in [5.74, 6) is -0.249. The van der Waals surface area contributed by atoms with Crippen LogP contribution in [0.25, 0.3) is 10.9 Å². The fraction of sp³-hybridized carbons (Fsp3) is 0.429. The van der Waals surface area contributed by atoms with Gasteiger partial charge in [-0.3, -0.25) is 9.78 Å². The van der Waals surface area contributed by atoms with Crippen molar-refractivity contribution in [1.82, 2.24) is 15.6 Å². The SMILES string of the molecule is CC(C)(C)OC(=O)NCCCCC(NC(N)=S)C(=O)Nc1cccc2cccnc12. The molecule has 0 fully saturated rings. The predicted octanol–water partition coefficient (Wildman–Crippen LogP) is 3.07. The molecule has 0 saturated heterocycles. The first-order chi connectivity index (χ1) is 14.2. The number of aromatic nitrogens is 1. The number of thiocarbonyl (C=S) groups is 1. The number of unbranched alkanes of at least 4 members (excludes halogenated alkanes) is 1. The van der Waals surface area contributed by atoms with Gasteiger partial charge in [0.1, 0.15) is 11.6 Å². The molecule has 8 nitrogen and oxygen atoms in total. The maximum Gasteiger partial charge on any atom is 0.407 e. The molecule has 0 aliphatic rings. The number of pyridine rings is 1.